The van der Waals surface area contributed by atoms with Crippen molar-refractivity contribution in [1.82, 2.24) is 9.97 Å². The molecule has 1 N–H and O–H groups in total. The predicted octanol–water partition coefficient (Wildman–Crippen LogP) is 6.03. The molecular formula is C24H29N3O2. The third-order valence-corrected chi connectivity index (χ3v) is 4.30. The number of aromatic nitrogens is 2. The lowest BCUT2D eigenvalue weighted by atomic mass is 10.1. The van der Waals surface area contributed by atoms with E-state index < -0.39 is 0 Å². The summed E-state index contributed by atoms with van der Waals surface area (Å²) in [6.45, 7) is 9.87. The number of rotatable bonds is 11. The maximum Gasteiger partial charge on any atom is 0.240 e. The molecule has 5 heteroatoms. The summed E-state index contributed by atoms with van der Waals surface area (Å²) in [4.78, 5) is 9.16. The molecule has 0 saturated heterocycles. The predicted molar refractivity (Wildman–Crippen MR) is 121 cm³/mol. The fourth-order valence-corrected chi connectivity index (χ4v) is 2.85. The lowest BCUT2D eigenvalue weighted by Gasteiger charge is -2.10. The van der Waals surface area contributed by atoms with Gasteiger partial charge in [0.2, 0.25) is 5.88 Å². The quantitative estimate of drug-likeness (QED) is 0.289. The minimum absolute atomic E-state index is 0.283. The van der Waals surface area contributed by atoms with Gasteiger partial charge in [0, 0.05) is 12.5 Å². The molecule has 0 fully saturated rings. The van der Waals surface area contributed by atoms with Crippen LogP contribution in [0.1, 0.15) is 49.6 Å². The number of nitrogens with one attached hydrogen (secondary N) is 1. The van der Waals surface area contributed by atoms with E-state index in [1.807, 2.05) is 12.1 Å². The van der Waals surface area contributed by atoms with Crippen LogP contribution in [0.2, 0.25) is 0 Å². The van der Waals surface area contributed by atoms with Crippen molar-refractivity contribution < 1.29 is 9.47 Å². The second kappa shape index (κ2) is 11.6. The van der Waals surface area contributed by atoms with Gasteiger partial charge in [-0.1, -0.05) is 43.5 Å². The Kier molecular flexibility index (Phi) is 8.83. The monoisotopic (exact) mass is 391 g/mol. The van der Waals surface area contributed by atoms with Crippen LogP contribution in [0, 0.1) is 5.41 Å². The van der Waals surface area contributed by atoms with Crippen LogP contribution in [0.25, 0.3) is 29.5 Å². The summed E-state index contributed by atoms with van der Waals surface area (Å²) >= 11 is 0. The Labute approximate surface area is 173 Å². The van der Waals surface area contributed by atoms with Crippen molar-refractivity contribution in [3.63, 3.8) is 0 Å². The Hall–Kier alpha value is -3.21. The van der Waals surface area contributed by atoms with Gasteiger partial charge >= 0.3 is 0 Å². The molecule has 0 atom stereocenters. The Morgan fingerprint density at radius 3 is 2.55 bits per heavy atom. The van der Waals surface area contributed by atoms with E-state index in [9.17, 15) is 0 Å². The van der Waals surface area contributed by atoms with Crippen LogP contribution in [0.3, 0.4) is 0 Å². The molecule has 152 valence electrons. The molecule has 0 spiro atoms. The van der Waals surface area contributed by atoms with Crippen molar-refractivity contribution in [2.24, 2.45) is 0 Å². The molecule has 1 heterocycles. The highest BCUT2D eigenvalue weighted by Gasteiger charge is 2.13. The van der Waals surface area contributed by atoms with E-state index in [-0.39, 0.29) is 5.90 Å². The van der Waals surface area contributed by atoms with Gasteiger partial charge in [0.05, 0.1) is 25.1 Å². The zero-order chi connectivity index (χ0) is 21.1. The number of hydrogen-bond acceptors (Lipinski definition) is 5. The van der Waals surface area contributed by atoms with Crippen LogP contribution < -0.4 is 4.74 Å². The number of benzene rings is 1. The zero-order valence-corrected chi connectivity index (χ0v) is 17.3. The van der Waals surface area contributed by atoms with Crippen LogP contribution in [-0.4, -0.2) is 29.6 Å². The smallest absolute Gasteiger partial charge is 0.240 e. The molecular weight excluding hydrogens is 362 g/mol. The van der Waals surface area contributed by atoms with E-state index in [0.29, 0.717) is 29.6 Å². The lowest BCUT2D eigenvalue weighted by molar-refractivity contribution is 0.288. The van der Waals surface area contributed by atoms with Crippen LogP contribution in [0.5, 0.6) is 5.88 Å². The number of hydrogen-bond donors (Lipinski definition) is 1. The van der Waals surface area contributed by atoms with Crippen molar-refractivity contribution >= 4 is 24.1 Å². The summed E-state index contributed by atoms with van der Waals surface area (Å²) < 4.78 is 10.6. The van der Waals surface area contributed by atoms with E-state index in [4.69, 9.17) is 14.9 Å². The third-order valence-electron chi connectivity index (χ3n) is 4.30. The first-order chi connectivity index (χ1) is 14.1. The van der Waals surface area contributed by atoms with Crippen molar-refractivity contribution in [3.8, 4) is 17.1 Å². The molecule has 2 rings (SSSR count). The normalized spacial score (nSPS) is 10.7. The molecule has 0 unspecified atom stereocenters. The molecule has 29 heavy (non-hydrogen) atoms. The zero-order valence-electron chi connectivity index (χ0n) is 17.3. The van der Waals surface area contributed by atoms with Gasteiger partial charge in [-0.2, -0.15) is 0 Å². The minimum Gasteiger partial charge on any atom is -0.481 e. The minimum atomic E-state index is 0.283. The lowest BCUT2D eigenvalue weighted by Crippen LogP contribution is -2.00. The number of allylic oxidation sites excluding steroid dienone is 1. The first kappa shape index (κ1) is 22.1. The first-order valence-electron chi connectivity index (χ1n) is 9.75. The third kappa shape index (κ3) is 6.71. The fraction of sp³-hybridized carbons (Fsp3) is 0.292. The molecule has 0 amide bonds. The molecule has 0 saturated carbocycles. The highest BCUT2D eigenvalue weighted by Crippen LogP contribution is 2.29. The standard InChI is InChI=1S/C24H29N3O2/c1-5-21-22(6-2)27-24(28-4)23(26-21)20-15-12-14-19(17-20)13-10-8-7-9-11-16-29-18(3)25/h5-6,10,12-15,17,25H,1-2,7-9,11,16H2,3-4H3/b13-10+,25-18?. The Morgan fingerprint density at radius 2 is 1.86 bits per heavy atom. The number of methoxy groups -OCH3 is 1. The highest BCUT2D eigenvalue weighted by molar-refractivity contribution is 5.71. The molecule has 1 aromatic carbocycles. The van der Waals surface area contributed by atoms with E-state index in [0.717, 1.165) is 36.8 Å². The van der Waals surface area contributed by atoms with Crippen molar-refractivity contribution in [2.45, 2.75) is 32.6 Å². The maximum absolute atomic E-state index is 7.23. The second-order valence-corrected chi connectivity index (χ2v) is 6.54. The summed E-state index contributed by atoms with van der Waals surface area (Å²) in [5.74, 6) is 0.749. The van der Waals surface area contributed by atoms with Gasteiger partial charge in [0.1, 0.15) is 5.69 Å². The molecule has 0 bridgehead atoms. The van der Waals surface area contributed by atoms with Crippen molar-refractivity contribution in [3.05, 3.63) is 60.5 Å². The largest absolute Gasteiger partial charge is 0.481 e. The highest BCUT2D eigenvalue weighted by atomic mass is 16.5. The maximum atomic E-state index is 7.23. The molecule has 0 aliphatic carbocycles. The summed E-state index contributed by atoms with van der Waals surface area (Å²) in [5, 5.41) is 7.23. The molecule has 2 aromatic rings. The SMILES string of the molecule is C=Cc1nc(OC)c(-c2cccc(/C=C/CCCCCOC(C)=N)c2)nc1C=C. The summed E-state index contributed by atoms with van der Waals surface area (Å²) in [6.07, 6.45) is 11.8. The van der Waals surface area contributed by atoms with Crippen molar-refractivity contribution in [2.75, 3.05) is 13.7 Å². The van der Waals surface area contributed by atoms with Crippen LogP contribution in [0.4, 0.5) is 0 Å². The van der Waals surface area contributed by atoms with Gasteiger partial charge in [0.25, 0.3) is 0 Å². The van der Waals surface area contributed by atoms with Crippen LogP contribution >= 0.6 is 0 Å². The molecule has 0 radical (unpaired) electrons. The van der Waals surface area contributed by atoms with E-state index >= 15 is 0 Å². The molecule has 0 aliphatic heterocycles. The average Bonchev–Trinajstić information content (AvgIpc) is 2.74. The summed E-state index contributed by atoms with van der Waals surface area (Å²) in [5.41, 5.74) is 4.05. The molecule has 5 nitrogen and oxygen atoms in total. The Bertz CT molecular complexity index is 888. The van der Waals surface area contributed by atoms with Gasteiger partial charge in [-0.3, -0.25) is 5.41 Å². The number of unbranched alkanes of at least 4 members (excludes halogenated alkanes) is 3. The topological polar surface area (TPSA) is 68.1 Å². The van der Waals surface area contributed by atoms with E-state index in [2.05, 4.69) is 47.4 Å². The Balaban J connectivity index is 2.05. The van der Waals surface area contributed by atoms with Gasteiger partial charge in [-0.25, -0.2) is 9.97 Å². The van der Waals surface area contributed by atoms with Gasteiger partial charge < -0.3 is 9.47 Å². The fourth-order valence-electron chi connectivity index (χ4n) is 2.85. The van der Waals surface area contributed by atoms with Gasteiger partial charge in [0.15, 0.2) is 5.90 Å². The van der Waals surface area contributed by atoms with Gasteiger partial charge in [-0.15, -0.1) is 0 Å². The number of nitrogens with zero attached hydrogens (tertiary/aromatic N) is 2. The van der Waals surface area contributed by atoms with E-state index in [1.165, 1.54) is 0 Å². The summed E-state index contributed by atoms with van der Waals surface area (Å²) in [7, 11) is 1.59. The molecule has 1 aromatic heterocycles. The number of ether oxygens (including phenoxy) is 2. The molecule has 0 aliphatic rings. The van der Waals surface area contributed by atoms with E-state index in [1.54, 1.807) is 26.2 Å². The van der Waals surface area contributed by atoms with Crippen LogP contribution in [-0.2, 0) is 4.74 Å². The first-order valence-corrected chi connectivity index (χ1v) is 9.75. The summed E-state index contributed by atoms with van der Waals surface area (Å²) in [6, 6.07) is 8.13. The van der Waals surface area contributed by atoms with Crippen LogP contribution in [0.15, 0.2) is 43.5 Å². The van der Waals surface area contributed by atoms with Gasteiger partial charge in [-0.05, 0) is 49.5 Å². The van der Waals surface area contributed by atoms with Crippen molar-refractivity contribution in [1.29, 1.82) is 5.41 Å². The average molecular weight is 392 g/mol. The Morgan fingerprint density at radius 1 is 1.10 bits per heavy atom. The second-order valence-electron chi connectivity index (χ2n) is 6.54.